The third-order valence-corrected chi connectivity index (χ3v) is 6.59. The lowest BCUT2D eigenvalue weighted by atomic mass is 9.64. The summed E-state index contributed by atoms with van der Waals surface area (Å²) in [5.41, 5.74) is 1.68. The molecule has 3 heteroatoms. The zero-order valence-electron chi connectivity index (χ0n) is 12.0. The van der Waals surface area contributed by atoms with Crippen LogP contribution in [0.1, 0.15) is 61.5 Å². The van der Waals surface area contributed by atoms with Crippen molar-refractivity contribution in [3.05, 3.63) is 15.6 Å². The molecule has 1 aromatic rings. The van der Waals surface area contributed by atoms with E-state index in [1.165, 1.54) is 55.6 Å². The molecule has 0 bridgehead atoms. The highest BCUT2D eigenvalue weighted by atomic mass is 32.1. The normalized spacial score (nSPS) is 33.5. The molecule has 0 aromatic carbocycles. The molecule has 0 radical (unpaired) electrons. The zero-order chi connectivity index (χ0) is 13.0. The number of fused-ring (bicyclic) bond motifs is 1. The summed E-state index contributed by atoms with van der Waals surface area (Å²) in [5, 5.41) is 5.36. The second kappa shape index (κ2) is 4.29. The summed E-state index contributed by atoms with van der Waals surface area (Å²) >= 11 is 2.01. The first-order chi connectivity index (χ1) is 9.16. The SMILES string of the molecule is CC(C)C1CC(NC2CC2)(c2nc3c(s2)CCC3)C1. The molecule has 3 aliphatic rings. The molecule has 2 saturated carbocycles. The van der Waals surface area contributed by atoms with Crippen LogP contribution in [0.2, 0.25) is 0 Å². The number of aryl methyl sites for hydroxylation is 2. The van der Waals surface area contributed by atoms with Crippen LogP contribution >= 0.6 is 11.3 Å². The molecule has 1 aromatic heterocycles. The Balaban J connectivity index is 1.59. The van der Waals surface area contributed by atoms with E-state index in [0.717, 1.165) is 17.9 Å². The Bertz CT molecular complexity index is 459. The second-order valence-corrected chi connectivity index (χ2v) is 8.24. The van der Waals surface area contributed by atoms with Crippen LogP contribution in [0.15, 0.2) is 0 Å². The number of nitrogens with zero attached hydrogens (tertiary/aromatic N) is 1. The molecule has 2 nitrogen and oxygen atoms in total. The van der Waals surface area contributed by atoms with Crippen molar-refractivity contribution in [3.63, 3.8) is 0 Å². The molecule has 2 fully saturated rings. The third-order valence-electron chi connectivity index (χ3n) is 5.23. The van der Waals surface area contributed by atoms with Crippen LogP contribution in [0.4, 0.5) is 0 Å². The van der Waals surface area contributed by atoms with Gasteiger partial charge < -0.3 is 5.32 Å². The van der Waals surface area contributed by atoms with Crippen molar-refractivity contribution in [1.29, 1.82) is 0 Å². The van der Waals surface area contributed by atoms with Crippen LogP contribution in [0.3, 0.4) is 0 Å². The smallest absolute Gasteiger partial charge is 0.113 e. The van der Waals surface area contributed by atoms with Gasteiger partial charge in [0, 0.05) is 10.9 Å². The van der Waals surface area contributed by atoms with Crippen LogP contribution in [-0.2, 0) is 18.4 Å². The maximum Gasteiger partial charge on any atom is 0.113 e. The predicted molar refractivity (Wildman–Crippen MR) is 79.5 cm³/mol. The van der Waals surface area contributed by atoms with Crippen LogP contribution < -0.4 is 5.32 Å². The summed E-state index contributed by atoms with van der Waals surface area (Å²) in [6, 6.07) is 0.784. The summed E-state index contributed by atoms with van der Waals surface area (Å²) in [5.74, 6) is 1.71. The van der Waals surface area contributed by atoms with Crippen molar-refractivity contribution in [3.8, 4) is 0 Å². The minimum atomic E-state index is 0.255. The molecule has 0 unspecified atom stereocenters. The Labute approximate surface area is 120 Å². The number of rotatable bonds is 4. The van der Waals surface area contributed by atoms with E-state index < -0.39 is 0 Å². The molecular formula is C16H24N2S. The van der Waals surface area contributed by atoms with Gasteiger partial charge in [0.2, 0.25) is 0 Å². The summed E-state index contributed by atoms with van der Waals surface area (Å²) < 4.78 is 0. The van der Waals surface area contributed by atoms with Crippen LogP contribution in [-0.4, -0.2) is 11.0 Å². The van der Waals surface area contributed by atoms with Crippen molar-refractivity contribution in [2.75, 3.05) is 0 Å². The fourth-order valence-electron chi connectivity index (χ4n) is 3.67. The van der Waals surface area contributed by atoms with Crippen LogP contribution in [0.5, 0.6) is 0 Å². The molecule has 4 rings (SSSR count). The molecule has 3 aliphatic carbocycles. The van der Waals surface area contributed by atoms with Crippen molar-refractivity contribution < 1.29 is 0 Å². The highest BCUT2D eigenvalue weighted by molar-refractivity contribution is 7.12. The summed E-state index contributed by atoms with van der Waals surface area (Å²) in [6.45, 7) is 4.74. The van der Waals surface area contributed by atoms with Crippen LogP contribution in [0, 0.1) is 11.8 Å². The minimum absolute atomic E-state index is 0.255. The Morgan fingerprint density at radius 3 is 2.68 bits per heavy atom. The van der Waals surface area contributed by atoms with E-state index >= 15 is 0 Å². The van der Waals surface area contributed by atoms with E-state index in [0.29, 0.717) is 0 Å². The van der Waals surface area contributed by atoms with Gasteiger partial charge in [0.1, 0.15) is 5.01 Å². The molecule has 0 spiro atoms. The zero-order valence-corrected chi connectivity index (χ0v) is 12.9. The Kier molecular flexibility index (Phi) is 2.79. The van der Waals surface area contributed by atoms with E-state index in [4.69, 9.17) is 4.98 Å². The molecule has 0 amide bonds. The maximum absolute atomic E-state index is 5.02. The van der Waals surface area contributed by atoms with Crippen molar-refractivity contribution in [1.82, 2.24) is 10.3 Å². The Morgan fingerprint density at radius 1 is 1.26 bits per heavy atom. The van der Waals surface area contributed by atoms with Gasteiger partial charge in [-0.25, -0.2) is 4.98 Å². The van der Waals surface area contributed by atoms with Gasteiger partial charge in [-0.1, -0.05) is 13.8 Å². The number of hydrogen-bond donors (Lipinski definition) is 1. The largest absolute Gasteiger partial charge is 0.303 e. The number of aromatic nitrogens is 1. The molecule has 0 atom stereocenters. The molecule has 1 N–H and O–H groups in total. The van der Waals surface area contributed by atoms with Crippen LogP contribution in [0.25, 0.3) is 0 Å². The highest BCUT2D eigenvalue weighted by Crippen LogP contribution is 2.52. The third kappa shape index (κ3) is 2.06. The predicted octanol–water partition coefficient (Wildman–Crippen LogP) is 3.65. The molecule has 104 valence electrons. The first-order valence-corrected chi connectivity index (χ1v) is 8.75. The number of thiazole rings is 1. The van der Waals surface area contributed by atoms with E-state index in [1.807, 2.05) is 11.3 Å². The van der Waals surface area contributed by atoms with Gasteiger partial charge in [0.15, 0.2) is 0 Å². The quantitative estimate of drug-likeness (QED) is 0.908. The molecular weight excluding hydrogens is 252 g/mol. The van der Waals surface area contributed by atoms with Crippen molar-refractivity contribution in [2.24, 2.45) is 11.8 Å². The van der Waals surface area contributed by atoms with E-state index in [2.05, 4.69) is 19.2 Å². The lowest BCUT2D eigenvalue weighted by Crippen LogP contribution is -2.54. The van der Waals surface area contributed by atoms with Gasteiger partial charge in [-0.3, -0.25) is 0 Å². The maximum atomic E-state index is 5.02. The van der Waals surface area contributed by atoms with Gasteiger partial charge in [0.25, 0.3) is 0 Å². The van der Waals surface area contributed by atoms with Gasteiger partial charge in [-0.05, 0) is 56.8 Å². The van der Waals surface area contributed by atoms with Crippen molar-refractivity contribution in [2.45, 2.75) is 70.4 Å². The second-order valence-electron chi connectivity index (χ2n) is 7.16. The summed E-state index contributed by atoms with van der Waals surface area (Å²) in [6.07, 6.45) is 9.20. The number of hydrogen-bond acceptors (Lipinski definition) is 3. The number of nitrogens with one attached hydrogen (secondary N) is 1. The van der Waals surface area contributed by atoms with E-state index in [1.54, 1.807) is 4.88 Å². The highest BCUT2D eigenvalue weighted by Gasteiger charge is 2.50. The fourth-order valence-corrected chi connectivity index (χ4v) is 5.00. The standard InChI is InChI=1S/C16H24N2S/c1-10(2)11-8-16(9-11,18-12-6-7-12)15-17-13-4-3-5-14(13)19-15/h10-12,18H,3-9H2,1-2H3. The molecule has 0 aliphatic heterocycles. The molecule has 0 saturated heterocycles. The summed E-state index contributed by atoms with van der Waals surface area (Å²) in [4.78, 5) is 6.60. The minimum Gasteiger partial charge on any atom is -0.303 e. The Morgan fingerprint density at radius 2 is 2.05 bits per heavy atom. The van der Waals surface area contributed by atoms with Gasteiger partial charge in [0.05, 0.1) is 11.2 Å². The average molecular weight is 276 g/mol. The van der Waals surface area contributed by atoms with Gasteiger partial charge in [-0.2, -0.15) is 0 Å². The lowest BCUT2D eigenvalue weighted by molar-refractivity contribution is 0.0655. The molecule has 1 heterocycles. The molecule has 19 heavy (non-hydrogen) atoms. The topological polar surface area (TPSA) is 24.9 Å². The average Bonchev–Trinajstić information content (AvgIpc) is 2.84. The summed E-state index contributed by atoms with van der Waals surface area (Å²) in [7, 11) is 0. The lowest BCUT2D eigenvalue weighted by Gasteiger charge is -2.49. The van der Waals surface area contributed by atoms with Gasteiger partial charge >= 0.3 is 0 Å². The fraction of sp³-hybridized carbons (Fsp3) is 0.812. The van der Waals surface area contributed by atoms with E-state index in [9.17, 15) is 0 Å². The Hall–Kier alpha value is -0.410. The first kappa shape index (κ1) is 12.3. The first-order valence-electron chi connectivity index (χ1n) is 7.93. The van der Waals surface area contributed by atoms with Crippen molar-refractivity contribution >= 4 is 11.3 Å². The monoisotopic (exact) mass is 276 g/mol. The van der Waals surface area contributed by atoms with Gasteiger partial charge in [-0.15, -0.1) is 11.3 Å². The van der Waals surface area contributed by atoms with E-state index in [-0.39, 0.29) is 5.54 Å².